The Labute approximate surface area is 141 Å². The van der Waals surface area contributed by atoms with Crippen molar-refractivity contribution < 1.29 is 9.84 Å². The van der Waals surface area contributed by atoms with Crippen LogP contribution in [0.25, 0.3) is 0 Å². The minimum absolute atomic E-state index is 0.315. The number of β-amino-alcohol motifs (C(OH)–C–C–N with tert-alkyl or cyclic N) is 1. The molecule has 0 aromatic rings. The van der Waals surface area contributed by atoms with Crippen LogP contribution in [0.4, 0.5) is 0 Å². The van der Waals surface area contributed by atoms with Crippen LogP contribution < -0.4 is 0 Å². The average molecular weight is 322 g/mol. The smallest absolute Gasteiger partial charge is 0.0900 e. The summed E-state index contributed by atoms with van der Waals surface area (Å²) in [7, 11) is 0. The van der Waals surface area contributed by atoms with Gasteiger partial charge in [-0.2, -0.15) is 0 Å². The second-order valence-corrected chi connectivity index (χ2v) is 9.43. The Morgan fingerprint density at radius 3 is 2.35 bits per heavy atom. The fourth-order valence-electron chi connectivity index (χ4n) is 6.63. The van der Waals surface area contributed by atoms with Crippen molar-refractivity contribution in [1.82, 2.24) is 4.90 Å². The molecule has 23 heavy (non-hydrogen) atoms. The standard InChI is InChI=1S/C20H35NO2/c1-15-4-2-3-5-21(15)12-19(22)13-23-14-20-9-16-6-17(10-20)8-18(7-16)11-20/h15-19,22H,2-14H2,1H3/t15-,16?,17?,18?,19+,20?/m1/s1. The molecule has 1 aliphatic heterocycles. The second-order valence-electron chi connectivity index (χ2n) is 9.43. The largest absolute Gasteiger partial charge is 0.389 e. The monoisotopic (exact) mass is 321 g/mol. The maximum absolute atomic E-state index is 10.4. The van der Waals surface area contributed by atoms with Gasteiger partial charge in [-0.1, -0.05) is 6.42 Å². The maximum atomic E-state index is 10.4. The zero-order valence-corrected chi connectivity index (χ0v) is 14.9. The molecular weight excluding hydrogens is 286 g/mol. The van der Waals surface area contributed by atoms with E-state index < -0.39 is 0 Å². The molecule has 3 nitrogen and oxygen atoms in total. The Hall–Kier alpha value is -0.120. The van der Waals surface area contributed by atoms with Crippen LogP contribution >= 0.6 is 0 Å². The summed E-state index contributed by atoms with van der Waals surface area (Å²) < 4.78 is 6.08. The highest BCUT2D eigenvalue weighted by molar-refractivity contribution is 5.01. The van der Waals surface area contributed by atoms with Gasteiger partial charge in [0.25, 0.3) is 0 Å². The molecule has 0 unspecified atom stereocenters. The van der Waals surface area contributed by atoms with Crippen molar-refractivity contribution in [1.29, 1.82) is 0 Å². The molecule has 5 rings (SSSR count). The number of aliphatic hydroxyl groups excluding tert-OH is 1. The first-order valence-corrected chi connectivity index (χ1v) is 10.1. The average Bonchev–Trinajstić information content (AvgIpc) is 2.48. The van der Waals surface area contributed by atoms with Crippen molar-refractivity contribution in [2.24, 2.45) is 23.2 Å². The highest BCUT2D eigenvalue weighted by Gasteiger charge is 2.50. The lowest BCUT2D eigenvalue weighted by Gasteiger charge is -2.56. The molecule has 1 N–H and O–H groups in total. The summed E-state index contributed by atoms with van der Waals surface area (Å²) >= 11 is 0. The third-order valence-electron chi connectivity index (χ3n) is 7.27. The summed E-state index contributed by atoms with van der Waals surface area (Å²) in [6.07, 6.45) is 12.3. The van der Waals surface area contributed by atoms with E-state index in [1.165, 1.54) is 57.8 Å². The Bertz CT molecular complexity index is 375. The number of ether oxygens (including phenoxy) is 1. The van der Waals surface area contributed by atoms with Crippen molar-refractivity contribution in [3.63, 3.8) is 0 Å². The van der Waals surface area contributed by atoms with Crippen molar-refractivity contribution in [2.45, 2.75) is 76.9 Å². The molecule has 1 saturated heterocycles. The van der Waals surface area contributed by atoms with Gasteiger partial charge < -0.3 is 9.84 Å². The lowest BCUT2D eigenvalue weighted by Crippen LogP contribution is -2.48. The Kier molecular flexibility index (Phi) is 4.73. The first kappa shape index (κ1) is 16.4. The molecule has 0 spiro atoms. The second kappa shape index (κ2) is 6.65. The van der Waals surface area contributed by atoms with Gasteiger partial charge in [0.2, 0.25) is 0 Å². The predicted octanol–water partition coefficient (Wildman–Crippen LogP) is 3.45. The fraction of sp³-hybridized carbons (Fsp3) is 1.00. The van der Waals surface area contributed by atoms with Crippen LogP contribution in [0.5, 0.6) is 0 Å². The number of hydrogen-bond acceptors (Lipinski definition) is 3. The highest BCUT2D eigenvalue weighted by atomic mass is 16.5. The number of aliphatic hydroxyl groups is 1. The van der Waals surface area contributed by atoms with Gasteiger partial charge in [-0.25, -0.2) is 0 Å². The van der Waals surface area contributed by atoms with Crippen molar-refractivity contribution >= 4 is 0 Å². The van der Waals surface area contributed by atoms with Crippen LogP contribution in [0.15, 0.2) is 0 Å². The van der Waals surface area contributed by atoms with Gasteiger partial charge in [-0.3, -0.25) is 4.90 Å². The van der Waals surface area contributed by atoms with Crippen molar-refractivity contribution in [3.05, 3.63) is 0 Å². The molecule has 4 bridgehead atoms. The topological polar surface area (TPSA) is 32.7 Å². The molecule has 0 amide bonds. The van der Waals surface area contributed by atoms with Crippen LogP contribution in [0.2, 0.25) is 0 Å². The summed E-state index contributed by atoms with van der Waals surface area (Å²) in [4.78, 5) is 2.45. The quantitative estimate of drug-likeness (QED) is 0.813. The van der Waals surface area contributed by atoms with E-state index in [9.17, 15) is 5.11 Å². The summed E-state index contributed by atoms with van der Waals surface area (Å²) in [5, 5.41) is 10.4. The molecule has 5 fully saturated rings. The van der Waals surface area contributed by atoms with Gasteiger partial charge in [0.05, 0.1) is 19.3 Å². The van der Waals surface area contributed by atoms with E-state index in [4.69, 9.17) is 4.74 Å². The lowest BCUT2D eigenvalue weighted by molar-refractivity contribution is -0.107. The van der Waals surface area contributed by atoms with E-state index in [1.54, 1.807) is 0 Å². The first-order chi connectivity index (χ1) is 11.1. The molecule has 0 aromatic heterocycles. The zero-order valence-electron chi connectivity index (χ0n) is 14.9. The molecule has 132 valence electrons. The van der Waals surface area contributed by atoms with Gasteiger partial charge >= 0.3 is 0 Å². The molecule has 4 saturated carbocycles. The minimum atomic E-state index is -0.315. The van der Waals surface area contributed by atoms with E-state index in [1.807, 2.05) is 0 Å². The number of rotatable bonds is 6. The number of hydrogen-bond donors (Lipinski definition) is 1. The Morgan fingerprint density at radius 2 is 1.74 bits per heavy atom. The van der Waals surface area contributed by atoms with Crippen LogP contribution in [0, 0.1) is 23.2 Å². The van der Waals surface area contributed by atoms with E-state index in [0.29, 0.717) is 18.1 Å². The summed E-state index contributed by atoms with van der Waals surface area (Å²) in [5.41, 5.74) is 0.479. The lowest BCUT2D eigenvalue weighted by atomic mass is 9.50. The van der Waals surface area contributed by atoms with Crippen LogP contribution in [-0.2, 0) is 4.74 Å². The number of nitrogens with zero attached hydrogens (tertiary/aromatic N) is 1. The Balaban J connectivity index is 1.22. The van der Waals surface area contributed by atoms with Crippen LogP contribution in [0.3, 0.4) is 0 Å². The molecule has 0 aromatic carbocycles. The summed E-state index contributed by atoms with van der Waals surface area (Å²) in [6, 6.07) is 0.626. The van der Waals surface area contributed by atoms with Gasteiger partial charge in [-0.15, -0.1) is 0 Å². The molecule has 2 atom stereocenters. The van der Waals surface area contributed by atoms with Crippen LogP contribution in [-0.4, -0.2) is 48.5 Å². The van der Waals surface area contributed by atoms with Crippen molar-refractivity contribution in [2.75, 3.05) is 26.3 Å². The number of likely N-dealkylation sites (tertiary alicyclic amines) is 1. The normalized spacial score (nSPS) is 44.6. The van der Waals surface area contributed by atoms with Gasteiger partial charge in [0.15, 0.2) is 0 Å². The molecule has 0 radical (unpaired) electrons. The van der Waals surface area contributed by atoms with E-state index >= 15 is 0 Å². The molecule has 3 heteroatoms. The zero-order chi connectivity index (χ0) is 15.9. The SMILES string of the molecule is C[C@@H]1CCCCN1C[C@H](O)COCC12CC3CC(CC(C3)C1)C2. The fourth-order valence-corrected chi connectivity index (χ4v) is 6.63. The molecule has 1 heterocycles. The van der Waals surface area contributed by atoms with Crippen LogP contribution in [0.1, 0.15) is 64.7 Å². The predicted molar refractivity (Wildman–Crippen MR) is 92.3 cm³/mol. The molecule has 5 aliphatic rings. The summed E-state index contributed by atoms with van der Waals surface area (Å²) in [5.74, 6) is 2.97. The minimum Gasteiger partial charge on any atom is -0.389 e. The third-order valence-corrected chi connectivity index (χ3v) is 7.27. The third kappa shape index (κ3) is 3.62. The van der Waals surface area contributed by atoms with Gasteiger partial charge in [0.1, 0.15) is 0 Å². The molecule has 4 aliphatic carbocycles. The van der Waals surface area contributed by atoms with Gasteiger partial charge in [-0.05, 0) is 88.0 Å². The van der Waals surface area contributed by atoms with Gasteiger partial charge in [0, 0.05) is 12.6 Å². The van der Waals surface area contributed by atoms with E-state index in [2.05, 4.69) is 11.8 Å². The van der Waals surface area contributed by atoms with Crippen molar-refractivity contribution in [3.8, 4) is 0 Å². The maximum Gasteiger partial charge on any atom is 0.0900 e. The summed E-state index contributed by atoms with van der Waals surface area (Å²) in [6.45, 7) is 5.67. The first-order valence-electron chi connectivity index (χ1n) is 10.1. The highest BCUT2D eigenvalue weighted by Crippen LogP contribution is 2.60. The van der Waals surface area contributed by atoms with E-state index in [0.717, 1.165) is 37.5 Å². The molecular formula is C20H35NO2. The number of piperidine rings is 1. The van der Waals surface area contributed by atoms with E-state index in [-0.39, 0.29) is 6.10 Å². The Morgan fingerprint density at radius 1 is 1.09 bits per heavy atom.